The standard InChI is InChI=1S/C19H38N4O4S/c1-17(2)26-15-16-28(24,25)23-12-10-22(11-13-23)19(20-3)21-9-6-14-27-18-7-4-5-8-18/h17-18H,4-16H2,1-3H3,(H,20,21). The van der Waals surface area contributed by atoms with Crippen LogP contribution in [0, 0.1) is 0 Å². The quantitative estimate of drug-likeness (QED) is 0.327. The van der Waals surface area contributed by atoms with E-state index in [0.717, 1.165) is 25.5 Å². The van der Waals surface area contributed by atoms with Crippen molar-refractivity contribution in [2.75, 3.05) is 58.7 Å². The number of sulfonamides is 1. The number of ether oxygens (including phenoxy) is 2. The van der Waals surface area contributed by atoms with Crippen molar-refractivity contribution in [3.8, 4) is 0 Å². The largest absolute Gasteiger partial charge is 0.378 e. The fraction of sp³-hybridized carbons (Fsp3) is 0.947. The van der Waals surface area contributed by atoms with E-state index in [0.29, 0.717) is 32.3 Å². The normalized spacial score (nSPS) is 20.3. The summed E-state index contributed by atoms with van der Waals surface area (Å²) in [5, 5.41) is 3.37. The Hall–Kier alpha value is -0.900. The first-order valence-electron chi connectivity index (χ1n) is 10.6. The number of nitrogens with zero attached hydrogens (tertiary/aromatic N) is 3. The molecule has 0 radical (unpaired) electrons. The first kappa shape index (κ1) is 23.4. The van der Waals surface area contributed by atoms with Crippen LogP contribution < -0.4 is 5.32 Å². The highest BCUT2D eigenvalue weighted by atomic mass is 32.2. The highest BCUT2D eigenvalue weighted by Crippen LogP contribution is 2.20. The van der Waals surface area contributed by atoms with Gasteiger partial charge in [0.2, 0.25) is 10.0 Å². The second-order valence-electron chi connectivity index (χ2n) is 7.73. The average molecular weight is 419 g/mol. The van der Waals surface area contributed by atoms with Crippen LogP contribution in [0.5, 0.6) is 0 Å². The Labute approximate surface area is 170 Å². The van der Waals surface area contributed by atoms with Gasteiger partial charge in [0.1, 0.15) is 0 Å². The summed E-state index contributed by atoms with van der Waals surface area (Å²) in [5.74, 6) is 0.875. The highest BCUT2D eigenvalue weighted by molar-refractivity contribution is 7.89. The molecule has 28 heavy (non-hydrogen) atoms. The Balaban J connectivity index is 1.65. The van der Waals surface area contributed by atoms with Gasteiger partial charge in [-0.2, -0.15) is 4.31 Å². The lowest BCUT2D eigenvalue weighted by Gasteiger charge is -2.35. The van der Waals surface area contributed by atoms with Gasteiger partial charge in [-0.05, 0) is 33.1 Å². The van der Waals surface area contributed by atoms with Crippen molar-refractivity contribution in [3.05, 3.63) is 0 Å². The fourth-order valence-electron chi connectivity index (χ4n) is 3.61. The predicted molar refractivity (Wildman–Crippen MR) is 112 cm³/mol. The molecular formula is C19H38N4O4S. The minimum Gasteiger partial charge on any atom is -0.378 e. The van der Waals surface area contributed by atoms with Crippen molar-refractivity contribution in [2.24, 2.45) is 4.99 Å². The van der Waals surface area contributed by atoms with E-state index in [1.165, 1.54) is 25.7 Å². The maximum Gasteiger partial charge on any atom is 0.216 e. The molecule has 2 fully saturated rings. The van der Waals surface area contributed by atoms with Crippen LogP contribution in [0.3, 0.4) is 0 Å². The molecule has 1 aliphatic heterocycles. The van der Waals surface area contributed by atoms with Crippen LogP contribution in [-0.4, -0.2) is 94.5 Å². The third-order valence-electron chi connectivity index (χ3n) is 5.20. The minimum absolute atomic E-state index is 0.0408. The van der Waals surface area contributed by atoms with Crippen molar-refractivity contribution in [1.82, 2.24) is 14.5 Å². The fourth-order valence-corrected chi connectivity index (χ4v) is 4.89. The molecule has 0 aromatic carbocycles. The molecule has 0 unspecified atom stereocenters. The molecule has 1 N–H and O–H groups in total. The first-order valence-corrected chi connectivity index (χ1v) is 12.2. The number of nitrogens with one attached hydrogen (secondary N) is 1. The van der Waals surface area contributed by atoms with Gasteiger partial charge in [0.15, 0.2) is 5.96 Å². The van der Waals surface area contributed by atoms with Crippen LogP contribution >= 0.6 is 0 Å². The van der Waals surface area contributed by atoms with Crippen LogP contribution in [-0.2, 0) is 19.5 Å². The van der Waals surface area contributed by atoms with Crippen LogP contribution in [0.1, 0.15) is 46.0 Å². The van der Waals surface area contributed by atoms with E-state index in [1.807, 2.05) is 13.8 Å². The summed E-state index contributed by atoms with van der Waals surface area (Å²) in [6.07, 6.45) is 6.44. The zero-order valence-corrected chi connectivity index (χ0v) is 18.5. The van der Waals surface area contributed by atoms with Gasteiger partial charge >= 0.3 is 0 Å². The molecule has 8 nitrogen and oxygen atoms in total. The first-order chi connectivity index (χ1) is 13.4. The topological polar surface area (TPSA) is 83.5 Å². The van der Waals surface area contributed by atoms with Gasteiger partial charge < -0.3 is 19.7 Å². The molecule has 1 aliphatic carbocycles. The average Bonchev–Trinajstić information content (AvgIpc) is 3.18. The highest BCUT2D eigenvalue weighted by Gasteiger charge is 2.28. The van der Waals surface area contributed by atoms with Gasteiger partial charge in [0.05, 0.1) is 24.6 Å². The number of aliphatic imine (C=N–C) groups is 1. The lowest BCUT2D eigenvalue weighted by atomic mass is 10.3. The maximum absolute atomic E-state index is 12.4. The van der Waals surface area contributed by atoms with Gasteiger partial charge in [-0.15, -0.1) is 0 Å². The van der Waals surface area contributed by atoms with Gasteiger partial charge in [-0.1, -0.05) is 12.8 Å². The molecule has 1 saturated carbocycles. The van der Waals surface area contributed by atoms with Crippen molar-refractivity contribution in [1.29, 1.82) is 0 Å². The van der Waals surface area contributed by atoms with Crippen LogP contribution in [0.2, 0.25) is 0 Å². The molecule has 0 aromatic heterocycles. The predicted octanol–water partition coefficient (Wildman–Crippen LogP) is 1.28. The molecule has 0 spiro atoms. The van der Waals surface area contributed by atoms with Crippen LogP contribution in [0.25, 0.3) is 0 Å². The van der Waals surface area contributed by atoms with E-state index < -0.39 is 10.0 Å². The molecule has 2 aliphatic rings. The monoisotopic (exact) mass is 418 g/mol. The zero-order valence-electron chi connectivity index (χ0n) is 17.7. The number of hydrogen-bond acceptors (Lipinski definition) is 5. The summed E-state index contributed by atoms with van der Waals surface area (Å²) in [7, 11) is -1.49. The van der Waals surface area contributed by atoms with Crippen LogP contribution in [0.4, 0.5) is 0 Å². The van der Waals surface area contributed by atoms with E-state index in [4.69, 9.17) is 9.47 Å². The Morgan fingerprint density at radius 1 is 1.14 bits per heavy atom. The Bertz CT molecular complexity index is 568. The minimum atomic E-state index is -3.26. The third kappa shape index (κ3) is 7.85. The number of hydrogen-bond donors (Lipinski definition) is 1. The number of piperazine rings is 1. The molecule has 9 heteroatoms. The molecule has 0 bridgehead atoms. The molecule has 0 aromatic rings. The van der Waals surface area contributed by atoms with Gasteiger partial charge in [0, 0.05) is 46.4 Å². The Kier molecular flexibility index (Phi) is 9.98. The SMILES string of the molecule is CN=C(NCCCOC1CCCC1)N1CCN(S(=O)(=O)CCOC(C)C)CC1. The summed E-state index contributed by atoms with van der Waals surface area (Å²) < 4.78 is 37.7. The lowest BCUT2D eigenvalue weighted by Crippen LogP contribution is -2.54. The summed E-state index contributed by atoms with van der Waals surface area (Å²) in [4.78, 5) is 6.47. The van der Waals surface area contributed by atoms with E-state index >= 15 is 0 Å². The van der Waals surface area contributed by atoms with E-state index in [1.54, 1.807) is 11.4 Å². The summed E-state index contributed by atoms with van der Waals surface area (Å²) >= 11 is 0. The number of guanidine groups is 1. The van der Waals surface area contributed by atoms with Crippen molar-refractivity contribution < 1.29 is 17.9 Å². The van der Waals surface area contributed by atoms with E-state index in [2.05, 4.69) is 15.2 Å². The summed E-state index contributed by atoms with van der Waals surface area (Å²) in [6, 6.07) is 0. The molecule has 0 amide bonds. The molecule has 164 valence electrons. The van der Waals surface area contributed by atoms with Crippen LogP contribution in [0.15, 0.2) is 4.99 Å². The van der Waals surface area contributed by atoms with Crippen molar-refractivity contribution in [3.63, 3.8) is 0 Å². The smallest absolute Gasteiger partial charge is 0.216 e. The molecule has 1 saturated heterocycles. The second kappa shape index (κ2) is 11.9. The zero-order chi connectivity index (χ0) is 20.4. The summed E-state index contributed by atoms with van der Waals surface area (Å²) in [6.45, 7) is 7.89. The molecular weight excluding hydrogens is 380 g/mol. The van der Waals surface area contributed by atoms with Gasteiger partial charge in [0.25, 0.3) is 0 Å². The molecule has 0 atom stereocenters. The molecule has 1 heterocycles. The van der Waals surface area contributed by atoms with E-state index in [-0.39, 0.29) is 18.5 Å². The Morgan fingerprint density at radius 3 is 2.43 bits per heavy atom. The second-order valence-corrected chi connectivity index (χ2v) is 9.81. The summed E-state index contributed by atoms with van der Waals surface area (Å²) in [5.41, 5.74) is 0. The van der Waals surface area contributed by atoms with Gasteiger partial charge in [-0.25, -0.2) is 8.42 Å². The third-order valence-corrected chi connectivity index (χ3v) is 7.03. The Morgan fingerprint density at radius 2 is 1.82 bits per heavy atom. The number of rotatable bonds is 10. The van der Waals surface area contributed by atoms with Crippen molar-refractivity contribution in [2.45, 2.75) is 58.2 Å². The molecule has 2 rings (SSSR count). The van der Waals surface area contributed by atoms with Crippen molar-refractivity contribution >= 4 is 16.0 Å². The van der Waals surface area contributed by atoms with Gasteiger partial charge in [-0.3, -0.25) is 4.99 Å². The van der Waals surface area contributed by atoms with E-state index in [9.17, 15) is 8.42 Å². The maximum atomic E-state index is 12.4. The lowest BCUT2D eigenvalue weighted by molar-refractivity contribution is 0.0573.